The van der Waals surface area contributed by atoms with E-state index in [1.807, 2.05) is 0 Å². The van der Waals surface area contributed by atoms with Crippen molar-refractivity contribution in [3.05, 3.63) is 33.8 Å². The highest BCUT2D eigenvalue weighted by Crippen LogP contribution is 2.26. The topological polar surface area (TPSA) is 21.3 Å². The zero-order valence-electron chi connectivity index (χ0n) is 10.8. The van der Waals surface area contributed by atoms with Crippen LogP contribution in [0, 0.1) is 0 Å². The fraction of sp³-hybridized carbons (Fsp3) is 0.600. The van der Waals surface area contributed by atoms with E-state index >= 15 is 0 Å². The number of fused-ring (bicyclic) bond motifs is 1. The van der Waals surface area contributed by atoms with Gasteiger partial charge in [0.25, 0.3) is 0 Å². The summed E-state index contributed by atoms with van der Waals surface area (Å²) in [4.78, 5) is 0. The Labute approximate surface area is 117 Å². The van der Waals surface area contributed by atoms with Crippen LogP contribution in [0.25, 0.3) is 0 Å². The summed E-state index contributed by atoms with van der Waals surface area (Å²) in [6.45, 7) is 3.09. The molecule has 2 aliphatic rings. The lowest BCUT2D eigenvalue weighted by molar-refractivity contribution is 0.110. The van der Waals surface area contributed by atoms with Crippen molar-refractivity contribution < 1.29 is 4.74 Å². The van der Waals surface area contributed by atoms with Crippen molar-refractivity contribution in [2.24, 2.45) is 0 Å². The van der Waals surface area contributed by atoms with Crippen LogP contribution in [0.1, 0.15) is 30.9 Å². The first kappa shape index (κ1) is 12.6. The predicted molar refractivity (Wildman–Crippen MR) is 76.9 cm³/mol. The van der Waals surface area contributed by atoms with E-state index in [4.69, 9.17) is 4.74 Å². The summed E-state index contributed by atoms with van der Waals surface area (Å²) < 4.78 is 6.82. The molecule has 0 spiro atoms. The summed E-state index contributed by atoms with van der Waals surface area (Å²) in [5.41, 5.74) is 3.02. The number of ether oxygens (including phenoxy) is 1. The monoisotopic (exact) mass is 309 g/mol. The third-order valence-electron chi connectivity index (χ3n) is 4.22. The average molecular weight is 310 g/mol. The zero-order chi connectivity index (χ0) is 12.5. The average Bonchev–Trinajstić information content (AvgIpc) is 2.75. The van der Waals surface area contributed by atoms with E-state index < -0.39 is 0 Å². The molecular formula is C15H20BrNO. The number of aryl methyl sites for hydroxylation is 1. The Morgan fingerprint density at radius 3 is 2.94 bits per heavy atom. The molecule has 1 aliphatic heterocycles. The standard InChI is InChI=1S/C15H20BrNO/c1-10-15(6-7-18-10)17-14-5-3-11-8-13(16)4-2-12(11)9-14/h2,4,8,10,14-15,17H,3,5-7,9H2,1H3. The summed E-state index contributed by atoms with van der Waals surface area (Å²) >= 11 is 3.55. The molecule has 1 saturated heterocycles. The molecule has 18 heavy (non-hydrogen) atoms. The van der Waals surface area contributed by atoms with E-state index in [0.29, 0.717) is 18.2 Å². The summed E-state index contributed by atoms with van der Waals surface area (Å²) in [6.07, 6.45) is 5.12. The smallest absolute Gasteiger partial charge is 0.0700 e. The summed E-state index contributed by atoms with van der Waals surface area (Å²) in [5.74, 6) is 0. The van der Waals surface area contributed by atoms with Gasteiger partial charge >= 0.3 is 0 Å². The number of benzene rings is 1. The first-order valence-corrected chi connectivity index (χ1v) is 7.66. The number of rotatable bonds is 2. The van der Waals surface area contributed by atoms with Crippen molar-refractivity contribution in [2.75, 3.05) is 6.61 Å². The molecule has 0 amide bonds. The van der Waals surface area contributed by atoms with E-state index in [1.165, 1.54) is 28.4 Å². The molecule has 1 aliphatic carbocycles. The largest absolute Gasteiger partial charge is 0.377 e. The lowest BCUT2D eigenvalue weighted by Crippen LogP contribution is -2.44. The molecule has 1 heterocycles. The van der Waals surface area contributed by atoms with Crippen LogP contribution in [0.5, 0.6) is 0 Å². The van der Waals surface area contributed by atoms with Crippen LogP contribution in [0.2, 0.25) is 0 Å². The van der Waals surface area contributed by atoms with Crippen LogP contribution >= 0.6 is 15.9 Å². The molecule has 1 aromatic carbocycles. The van der Waals surface area contributed by atoms with Crippen molar-refractivity contribution >= 4 is 15.9 Å². The lowest BCUT2D eigenvalue weighted by atomic mass is 9.88. The molecule has 0 bridgehead atoms. The molecule has 1 N–H and O–H groups in total. The van der Waals surface area contributed by atoms with E-state index in [1.54, 1.807) is 0 Å². The van der Waals surface area contributed by atoms with Crippen LogP contribution < -0.4 is 5.32 Å². The molecule has 3 heteroatoms. The number of hydrogen-bond donors (Lipinski definition) is 1. The Morgan fingerprint density at radius 2 is 2.17 bits per heavy atom. The third kappa shape index (κ3) is 2.63. The Kier molecular flexibility index (Phi) is 3.73. The van der Waals surface area contributed by atoms with Crippen LogP contribution in [0.3, 0.4) is 0 Å². The SMILES string of the molecule is CC1OCCC1NC1CCc2cc(Br)ccc2C1. The van der Waals surface area contributed by atoms with Gasteiger partial charge in [-0.15, -0.1) is 0 Å². The quantitative estimate of drug-likeness (QED) is 0.906. The Morgan fingerprint density at radius 1 is 1.28 bits per heavy atom. The minimum Gasteiger partial charge on any atom is -0.377 e. The first-order chi connectivity index (χ1) is 8.72. The van der Waals surface area contributed by atoms with Crippen LogP contribution in [0.15, 0.2) is 22.7 Å². The van der Waals surface area contributed by atoms with Gasteiger partial charge in [0.1, 0.15) is 0 Å². The van der Waals surface area contributed by atoms with Crippen molar-refractivity contribution in [1.29, 1.82) is 0 Å². The molecule has 98 valence electrons. The second kappa shape index (κ2) is 5.32. The normalized spacial score (nSPS) is 31.3. The van der Waals surface area contributed by atoms with Crippen molar-refractivity contribution in [3.8, 4) is 0 Å². The number of nitrogens with one attached hydrogen (secondary N) is 1. The second-order valence-corrected chi connectivity index (χ2v) is 6.41. The fourth-order valence-corrected chi connectivity index (χ4v) is 3.53. The maximum atomic E-state index is 5.62. The second-order valence-electron chi connectivity index (χ2n) is 5.49. The van der Waals surface area contributed by atoms with Crippen molar-refractivity contribution in [2.45, 2.75) is 50.8 Å². The minimum absolute atomic E-state index is 0.372. The minimum atomic E-state index is 0.372. The molecule has 1 aromatic rings. The van der Waals surface area contributed by atoms with Gasteiger partial charge in [-0.2, -0.15) is 0 Å². The van der Waals surface area contributed by atoms with E-state index in [2.05, 4.69) is 46.4 Å². The molecular weight excluding hydrogens is 290 g/mol. The highest BCUT2D eigenvalue weighted by molar-refractivity contribution is 9.10. The summed E-state index contributed by atoms with van der Waals surface area (Å²) in [6, 6.07) is 7.86. The molecule has 3 atom stereocenters. The molecule has 1 fully saturated rings. The molecule has 3 rings (SSSR count). The van der Waals surface area contributed by atoms with Gasteiger partial charge < -0.3 is 10.1 Å². The Hall–Kier alpha value is -0.380. The van der Waals surface area contributed by atoms with Gasteiger partial charge in [-0.25, -0.2) is 0 Å². The molecule has 0 saturated carbocycles. The summed E-state index contributed by atoms with van der Waals surface area (Å²) in [5, 5.41) is 3.79. The highest BCUT2D eigenvalue weighted by atomic mass is 79.9. The fourth-order valence-electron chi connectivity index (χ4n) is 3.12. The highest BCUT2D eigenvalue weighted by Gasteiger charge is 2.28. The number of halogens is 1. The third-order valence-corrected chi connectivity index (χ3v) is 4.72. The zero-order valence-corrected chi connectivity index (χ0v) is 12.4. The van der Waals surface area contributed by atoms with E-state index in [-0.39, 0.29) is 0 Å². The van der Waals surface area contributed by atoms with Crippen molar-refractivity contribution in [3.63, 3.8) is 0 Å². The van der Waals surface area contributed by atoms with Gasteiger partial charge in [-0.1, -0.05) is 22.0 Å². The van der Waals surface area contributed by atoms with Crippen LogP contribution in [-0.4, -0.2) is 24.8 Å². The van der Waals surface area contributed by atoms with Gasteiger partial charge in [0, 0.05) is 23.2 Å². The first-order valence-electron chi connectivity index (χ1n) is 6.87. The maximum Gasteiger partial charge on any atom is 0.0700 e. The Balaban J connectivity index is 1.66. The van der Waals surface area contributed by atoms with E-state index in [9.17, 15) is 0 Å². The molecule has 0 aromatic heterocycles. The van der Waals surface area contributed by atoms with Crippen LogP contribution in [0.4, 0.5) is 0 Å². The van der Waals surface area contributed by atoms with Gasteiger partial charge in [0.2, 0.25) is 0 Å². The lowest BCUT2D eigenvalue weighted by Gasteiger charge is -2.29. The molecule has 3 unspecified atom stereocenters. The van der Waals surface area contributed by atoms with Gasteiger partial charge in [-0.05, 0) is 55.9 Å². The predicted octanol–water partition coefficient (Wildman–Crippen LogP) is 3.07. The number of hydrogen-bond acceptors (Lipinski definition) is 2. The summed E-state index contributed by atoms with van der Waals surface area (Å²) in [7, 11) is 0. The van der Waals surface area contributed by atoms with E-state index in [0.717, 1.165) is 19.4 Å². The molecule has 2 nitrogen and oxygen atoms in total. The van der Waals surface area contributed by atoms with Crippen molar-refractivity contribution in [1.82, 2.24) is 5.32 Å². The molecule has 0 radical (unpaired) electrons. The van der Waals surface area contributed by atoms with Crippen LogP contribution in [-0.2, 0) is 17.6 Å². The Bertz CT molecular complexity index is 435. The van der Waals surface area contributed by atoms with Gasteiger partial charge in [-0.3, -0.25) is 0 Å². The van der Waals surface area contributed by atoms with Gasteiger partial charge in [0.15, 0.2) is 0 Å². The maximum absolute atomic E-state index is 5.62. The van der Waals surface area contributed by atoms with Gasteiger partial charge in [0.05, 0.1) is 6.10 Å².